The second kappa shape index (κ2) is 5.82. The van der Waals surface area contributed by atoms with Crippen molar-refractivity contribution in [2.45, 2.75) is 30.7 Å². The van der Waals surface area contributed by atoms with Gasteiger partial charge in [0.1, 0.15) is 0 Å². The molecule has 1 heterocycles. The van der Waals surface area contributed by atoms with Gasteiger partial charge in [-0.15, -0.1) is 0 Å². The van der Waals surface area contributed by atoms with Crippen LogP contribution in [-0.2, 0) is 15.6 Å². The number of hydrogen-bond donors (Lipinski definition) is 2. The molecule has 0 amide bonds. The third kappa shape index (κ3) is 3.80. The molecule has 0 saturated carbocycles. The van der Waals surface area contributed by atoms with Gasteiger partial charge in [0.2, 0.25) is 0 Å². The lowest BCUT2D eigenvalue weighted by molar-refractivity contribution is 0.157. The third-order valence-electron chi connectivity index (χ3n) is 3.22. The molecule has 0 spiro atoms. The van der Waals surface area contributed by atoms with Gasteiger partial charge in [-0.2, -0.15) is 0 Å². The van der Waals surface area contributed by atoms with Gasteiger partial charge in [-0.05, 0) is 24.9 Å². The van der Waals surface area contributed by atoms with E-state index in [4.69, 9.17) is 0 Å². The first-order valence-corrected chi connectivity index (χ1v) is 8.05. The highest BCUT2D eigenvalue weighted by Crippen LogP contribution is 2.13. The molecule has 2 N–H and O–H groups in total. The second-order valence-corrected chi connectivity index (χ2v) is 6.92. The number of benzene rings is 1. The zero-order chi connectivity index (χ0) is 13.0. The summed E-state index contributed by atoms with van der Waals surface area (Å²) in [4.78, 5) is 0. The molecule has 0 aromatic heterocycles. The molecule has 0 aliphatic carbocycles. The average molecular weight is 269 g/mol. The van der Waals surface area contributed by atoms with Gasteiger partial charge in [0.15, 0.2) is 9.84 Å². The minimum atomic E-state index is -3.26. The molecule has 1 fully saturated rings. The van der Waals surface area contributed by atoms with Crippen molar-refractivity contribution in [2.75, 3.05) is 12.3 Å². The van der Waals surface area contributed by atoms with E-state index in [-0.39, 0.29) is 17.5 Å². The van der Waals surface area contributed by atoms with Crippen molar-refractivity contribution in [3.8, 4) is 0 Å². The van der Waals surface area contributed by atoms with Crippen molar-refractivity contribution in [3.05, 3.63) is 35.9 Å². The molecule has 100 valence electrons. The van der Waals surface area contributed by atoms with E-state index in [0.29, 0.717) is 0 Å². The topological polar surface area (TPSA) is 66.4 Å². The second-order valence-electron chi connectivity index (χ2n) is 4.81. The number of hydrogen-bond acceptors (Lipinski definition) is 4. The van der Waals surface area contributed by atoms with Gasteiger partial charge in [0, 0.05) is 6.04 Å². The van der Waals surface area contributed by atoms with Crippen LogP contribution in [0.25, 0.3) is 0 Å². The van der Waals surface area contributed by atoms with Gasteiger partial charge in [0.05, 0.1) is 17.6 Å². The summed E-state index contributed by atoms with van der Waals surface area (Å²) in [6.45, 7) is 0.862. The van der Waals surface area contributed by atoms with E-state index < -0.39 is 15.9 Å². The molecule has 2 atom stereocenters. The standard InChI is InChI=1S/C13H19NO3S/c15-13(12-7-4-8-14-12)10-18(16,17)9-11-5-2-1-3-6-11/h1-3,5-6,12-15H,4,7-10H2/t12-,13+/m0/s1. The Balaban J connectivity index is 1.94. The van der Waals surface area contributed by atoms with Crippen molar-refractivity contribution >= 4 is 9.84 Å². The highest BCUT2D eigenvalue weighted by Gasteiger charge is 2.27. The molecule has 0 unspecified atom stereocenters. The predicted octanol–water partition coefficient (Wildman–Crippen LogP) is 0.714. The lowest BCUT2D eigenvalue weighted by Gasteiger charge is -2.18. The van der Waals surface area contributed by atoms with Crippen molar-refractivity contribution in [1.82, 2.24) is 5.32 Å². The number of rotatable bonds is 5. The first kappa shape index (κ1) is 13.5. The molecule has 1 aliphatic heterocycles. The largest absolute Gasteiger partial charge is 0.390 e. The quantitative estimate of drug-likeness (QED) is 0.826. The van der Waals surface area contributed by atoms with E-state index in [2.05, 4.69) is 5.32 Å². The third-order valence-corrected chi connectivity index (χ3v) is 4.84. The molecule has 0 radical (unpaired) electrons. The summed E-state index contributed by atoms with van der Waals surface area (Å²) in [5.74, 6) is -0.169. The molecular weight excluding hydrogens is 250 g/mol. The number of nitrogens with one attached hydrogen (secondary N) is 1. The maximum Gasteiger partial charge on any atom is 0.157 e. The van der Waals surface area contributed by atoms with Crippen LogP contribution in [0.3, 0.4) is 0 Å². The van der Waals surface area contributed by atoms with Crippen molar-refractivity contribution in [1.29, 1.82) is 0 Å². The fourth-order valence-corrected chi connectivity index (χ4v) is 3.87. The van der Waals surface area contributed by atoms with E-state index in [1.807, 2.05) is 18.2 Å². The van der Waals surface area contributed by atoms with Crippen LogP contribution in [0.2, 0.25) is 0 Å². The zero-order valence-electron chi connectivity index (χ0n) is 10.2. The van der Waals surface area contributed by atoms with Gasteiger partial charge in [-0.3, -0.25) is 0 Å². The average Bonchev–Trinajstić information content (AvgIpc) is 2.82. The summed E-state index contributed by atoms with van der Waals surface area (Å²) in [5.41, 5.74) is 0.768. The molecule has 1 aromatic carbocycles. The highest BCUT2D eigenvalue weighted by atomic mass is 32.2. The Labute approximate surface area is 108 Å². The molecular formula is C13H19NO3S. The van der Waals surface area contributed by atoms with E-state index >= 15 is 0 Å². The SMILES string of the molecule is O=S(=O)(Cc1ccccc1)C[C@@H](O)[C@@H]1CCCN1. The van der Waals surface area contributed by atoms with Gasteiger partial charge in [-0.25, -0.2) is 8.42 Å². The van der Waals surface area contributed by atoms with Crippen molar-refractivity contribution in [2.24, 2.45) is 0 Å². The highest BCUT2D eigenvalue weighted by molar-refractivity contribution is 7.90. The lowest BCUT2D eigenvalue weighted by atomic mass is 10.1. The Morgan fingerprint density at radius 2 is 2.06 bits per heavy atom. The van der Waals surface area contributed by atoms with E-state index in [1.54, 1.807) is 12.1 Å². The first-order chi connectivity index (χ1) is 8.57. The van der Waals surface area contributed by atoms with Crippen LogP contribution in [0.15, 0.2) is 30.3 Å². The van der Waals surface area contributed by atoms with Crippen LogP contribution >= 0.6 is 0 Å². The molecule has 1 aliphatic rings. The normalized spacial score (nSPS) is 21.9. The summed E-state index contributed by atoms with van der Waals surface area (Å²) in [6, 6.07) is 9.00. The predicted molar refractivity (Wildman–Crippen MR) is 71.0 cm³/mol. The maximum atomic E-state index is 12.0. The smallest absolute Gasteiger partial charge is 0.157 e. The Kier molecular flexibility index (Phi) is 4.37. The summed E-state index contributed by atoms with van der Waals surface area (Å²) in [6.07, 6.45) is 1.05. The minimum Gasteiger partial charge on any atom is -0.390 e. The molecule has 1 saturated heterocycles. The zero-order valence-corrected chi connectivity index (χ0v) is 11.1. The van der Waals surface area contributed by atoms with Crippen LogP contribution in [0.4, 0.5) is 0 Å². The minimum absolute atomic E-state index is 0.00236. The van der Waals surface area contributed by atoms with E-state index in [0.717, 1.165) is 24.9 Å². The molecule has 5 heteroatoms. The number of aliphatic hydroxyl groups excluding tert-OH is 1. The van der Waals surface area contributed by atoms with Crippen LogP contribution < -0.4 is 5.32 Å². The fourth-order valence-electron chi connectivity index (χ4n) is 2.30. The number of sulfone groups is 1. The Hall–Kier alpha value is -0.910. The lowest BCUT2D eigenvalue weighted by Crippen LogP contribution is -2.39. The van der Waals surface area contributed by atoms with Crippen LogP contribution in [0, 0.1) is 0 Å². The fraction of sp³-hybridized carbons (Fsp3) is 0.538. The van der Waals surface area contributed by atoms with Gasteiger partial charge in [0.25, 0.3) is 0 Å². The first-order valence-electron chi connectivity index (χ1n) is 6.23. The molecule has 4 nitrogen and oxygen atoms in total. The van der Waals surface area contributed by atoms with Crippen LogP contribution in [0.1, 0.15) is 18.4 Å². The van der Waals surface area contributed by atoms with Crippen molar-refractivity contribution < 1.29 is 13.5 Å². The Bertz CT molecular complexity index is 466. The monoisotopic (exact) mass is 269 g/mol. The van der Waals surface area contributed by atoms with E-state index in [1.165, 1.54) is 0 Å². The summed E-state index contributed by atoms with van der Waals surface area (Å²) >= 11 is 0. The van der Waals surface area contributed by atoms with Crippen LogP contribution in [0.5, 0.6) is 0 Å². The maximum absolute atomic E-state index is 12.0. The van der Waals surface area contributed by atoms with E-state index in [9.17, 15) is 13.5 Å². The summed E-state index contributed by atoms with van der Waals surface area (Å²) in [7, 11) is -3.26. The van der Waals surface area contributed by atoms with Gasteiger partial charge < -0.3 is 10.4 Å². The van der Waals surface area contributed by atoms with Crippen LogP contribution in [-0.4, -0.2) is 38.0 Å². The summed E-state index contributed by atoms with van der Waals surface area (Å²) < 4.78 is 24.0. The number of aliphatic hydroxyl groups is 1. The van der Waals surface area contributed by atoms with Crippen molar-refractivity contribution in [3.63, 3.8) is 0 Å². The molecule has 1 aromatic rings. The van der Waals surface area contributed by atoms with Gasteiger partial charge >= 0.3 is 0 Å². The Morgan fingerprint density at radius 3 is 2.67 bits per heavy atom. The molecule has 2 rings (SSSR count). The Morgan fingerprint density at radius 1 is 1.33 bits per heavy atom. The van der Waals surface area contributed by atoms with Gasteiger partial charge in [-0.1, -0.05) is 30.3 Å². The summed E-state index contributed by atoms with van der Waals surface area (Å²) in [5, 5.41) is 13.0. The molecule has 0 bridgehead atoms. The molecule has 18 heavy (non-hydrogen) atoms.